The predicted molar refractivity (Wildman–Crippen MR) is 409 cm³/mol. The Balaban J connectivity index is 0.0000102. The Morgan fingerprint density at radius 2 is 0.606 bits per heavy atom. The zero-order valence-electron chi connectivity index (χ0n) is 62.4. The van der Waals surface area contributed by atoms with Crippen molar-refractivity contribution in [3.8, 4) is 91.5 Å². The molecular weight excluding hydrogens is 1340 g/mol. The maximum atomic E-state index is 7.10. The van der Waals surface area contributed by atoms with Crippen LogP contribution in [0, 0.1) is 0 Å². The number of pyridine rings is 4. The van der Waals surface area contributed by atoms with Crippen molar-refractivity contribution in [2.45, 2.75) is 227 Å². The molecule has 13 rings (SSSR count). The minimum absolute atomic E-state index is 0. The average Bonchev–Trinajstić information content (AvgIpc) is 1.59. The van der Waals surface area contributed by atoms with Gasteiger partial charge in [-0.1, -0.05) is 175 Å². The van der Waals surface area contributed by atoms with Crippen LogP contribution in [-0.2, 0) is 19.5 Å². The molecular formula is C87H102N12O4Zn+4. The summed E-state index contributed by atoms with van der Waals surface area (Å²) in [5, 5.41) is 2.71. The van der Waals surface area contributed by atoms with E-state index in [-0.39, 0.29) is 19.5 Å². The topological polar surface area (TPSA) is 158 Å². The summed E-state index contributed by atoms with van der Waals surface area (Å²) in [5.41, 5.74) is 4.18. The first-order valence-electron chi connectivity index (χ1n) is 38.7. The Kier molecular flexibility index (Phi) is 25.7. The van der Waals surface area contributed by atoms with Crippen LogP contribution >= 0.6 is 0 Å². The molecule has 104 heavy (non-hydrogen) atoms. The van der Waals surface area contributed by atoms with E-state index in [1.165, 1.54) is 83.5 Å². The molecule has 7 aromatic heterocycles. The van der Waals surface area contributed by atoms with Gasteiger partial charge in [0.1, 0.15) is 23.0 Å². The van der Waals surface area contributed by atoms with Gasteiger partial charge in [-0.05, 0) is 85.0 Å². The summed E-state index contributed by atoms with van der Waals surface area (Å²) in [6.07, 6.45) is 43.4. The van der Waals surface area contributed by atoms with E-state index in [1.807, 2.05) is 97.1 Å². The first-order chi connectivity index (χ1) is 50.7. The van der Waals surface area contributed by atoms with Gasteiger partial charge in [-0.15, -0.1) is 0 Å². The molecule has 4 aromatic carbocycles. The van der Waals surface area contributed by atoms with Crippen molar-refractivity contribution in [3.05, 3.63) is 171 Å². The second-order valence-electron chi connectivity index (χ2n) is 27.8. The van der Waals surface area contributed by atoms with Gasteiger partial charge in [0.15, 0.2) is 72.0 Å². The quantitative estimate of drug-likeness (QED) is 0.0211. The molecule has 16 nitrogen and oxygen atoms in total. The first-order valence-corrected chi connectivity index (χ1v) is 38.7. The molecule has 17 heteroatoms. The van der Waals surface area contributed by atoms with Crippen molar-refractivity contribution in [1.29, 1.82) is 0 Å². The number of unbranched alkanes of at least 4 members (excludes halogenated alkanes) is 11. The molecule has 9 heterocycles. The Morgan fingerprint density at radius 3 is 0.962 bits per heavy atom. The van der Waals surface area contributed by atoms with Gasteiger partial charge in [-0.2, -0.15) is 18.3 Å². The van der Waals surface area contributed by atoms with Gasteiger partial charge in [-0.3, -0.25) is 0 Å². The molecule has 8 bridgehead atoms. The first kappa shape index (κ1) is 74.4. The third kappa shape index (κ3) is 17.1. The normalized spacial score (nSPS) is 12.9. The van der Waals surface area contributed by atoms with Crippen LogP contribution in [0.4, 0.5) is 0 Å². The standard InChI is InChI=1S/C87H102N12O4.Zn/c1-9-17-21-23-27-39-63(16-8)99-55-35-43-67(59-99)103-75-51-31-47-71-79(75)87-92-81-69-45-29-49-73(101-65-41-33-53-97(57-65)61(14-6)37-25-20-12-4)77(69)84(90-81)88-80-68-44-28-48-72(100-64-40-32-52-96(56-64)60(13-5)36-24-19-11-3)76(68)85(89-80)91-82-70-46-30-50-74(78(70)86(93-82)94-83(71)95-87)102-66-42-34-54-98(58-66)62(15-7)38-26-22-18-10-2;/h28-35,40-63H,9-27,36-39H2,1-8H3;/q2*+2. The minimum atomic E-state index is 0. The zero-order valence-corrected chi connectivity index (χ0v) is 65.4. The van der Waals surface area contributed by atoms with Crippen LogP contribution < -0.4 is 47.2 Å². The Hall–Kier alpha value is -9.34. The maximum absolute atomic E-state index is 7.10. The molecule has 0 amide bonds. The summed E-state index contributed by atoms with van der Waals surface area (Å²) in [5.74, 6) is 6.45. The van der Waals surface area contributed by atoms with Gasteiger partial charge in [0.2, 0.25) is 24.8 Å². The number of hydrogen-bond donors (Lipinski definition) is 0. The maximum Gasteiger partial charge on any atom is 2.00 e. The van der Waals surface area contributed by atoms with Gasteiger partial charge >= 0.3 is 19.5 Å². The van der Waals surface area contributed by atoms with Crippen LogP contribution in [0.1, 0.15) is 227 Å². The molecule has 2 aliphatic rings. The average molecular weight is 1450 g/mol. The molecule has 0 saturated carbocycles. The van der Waals surface area contributed by atoms with Crippen LogP contribution in [0.3, 0.4) is 0 Å². The van der Waals surface area contributed by atoms with Gasteiger partial charge in [0, 0.05) is 120 Å². The van der Waals surface area contributed by atoms with E-state index in [1.54, 1.807) is 0 Å². The van der Waals surface area contributed by atoms with Crippen LogP contribution in [0.5, 0.6) is 46.0 Å². The fraction of sp³-hybridized carbons (Fsp3) is 0.402. The molecule has 2 aliphatic heterocycles. The molecule has 4 atom stereocenters. The van der Waals surface area contributed by atoms with Gasteiger partial charge in [0.05, 0.1) is 34.4 Å². The SMILES string of the molecule is CCCCCCCC(CC)[n+]1cccc(Oc2cccc3c4nc5nc(nc6[n-]c(nc7nc(nc([n-]4)c23)-c2cccc(Oc3ccc[n+](C(CC)CCCCC)c3)c2-7)c2cccc(Oc3ccc[n+](C(CC)CCCCC)c3)c62)-c2cccc(Oc3ccc[n+](C(CC)CCCCCC)c3)c2-5)c1.[Zn+2]. The molecule has 11 aromatic rings. The number of aromatic nitrogens is 12. The molecule has 0 saturated heterocycles. The molecule has 0 radical (unpaired) electrons. The fourth-order valence-electron chi connectivity index (χ4n) is 14.9. The Bertz CT molecular complexity index is 4900. The molecule has 0 fully saturated rings. The van der Waals surface area contributed by atoms with E-state index < -0.39 is 0 Å². The van der Waals surface area contributed by atoms with Crippen molar-refractivity contribution >= 4 is 44.1 Å². The predicted octanol–water partition coefficient (Wildman–Crippen LogP) is 21.7. The van der Waals surface area contributed by atoms with Crippen molar-refractivity contribution in [1.82, 2.24) is 39.9 Å². The van der Waals surface area contributed by atoms with E-state index in [4.69, 9.17) is 58.8 Å². The van der Waals surface area contributed by atoms with E-state index in [0.29, 0.717) is 160 Å². The Labute approximate surface area is 626 Å². The second-order valence-corrected chi connectivity index (χ2v) is 27.8. The summed E-state index contributed by atoms with van der Waals surface area (Å²) in [7, 11) is 0. The van der Waals surface area contributed by atoms with E-state index in [9.17, 15) is 0 Å². The van der Waals surface area contributed by atoms with Crippen LogP contribution in [0.25, 0.3) is 89.7 Å². The molecule has 4 unspecified atom stereocenters. The van der Waals surface area contributed by atoms with Gasteiger partial charge in [0.25, 0.3) is 0 Å². The van der Waals surface area contributed by atoms with Gasteiger partial charge < -0.3 is 48.9 Å². The summed E-state index contributed by atoms with van der Waals surface area (Å²) in [6, 6.07) is 41.5. The van der Waals surface area contributed by atoms with Crippen molar-refractivity contribution < 1.29 is 56.7 Å². The third-order valence-corrected chi connectivity index (χ3v) is 20.6. The molecule has 0 N–H and O–H groups in total. The molecule has 532 valence electrons. The molecule has 0 spiro atoms. The van der Waals surface area contributed by atoms with Crippen molar-refractivity contribution in [2.24, 2.45) is 0 Å². The summed E-state index contributed by atoms with van der Waals surface area (Å²) < 4.78 is 37.6. The number of benzene rings is 4. The van der Waals surface area contributed by atoms with Crippen molar-refractivity contribution in [2.75, 3.05) is 0 Å². The largest absolute Gasteiger partial charge is 2.00 e. The van der Waals surface area contributed by atoms with Crippen LogP contribution in [0.15, 0.2) is 171 Å². The number of hydrogen-bond acceptors (Lipinski definition) is 10. The van der Waals surface area contributed by atoms with Crippen LogP contribution in [-0.4, -0.2) is 29.9 Å². The minimum Gasteiger partial charge on any atom is -0.450 e. The monoisotopic (exact) mass is 1440 g/mol. The molecule has 0 aliphatic carbocycles. The summed E-state index contributed by atoms with van der Waals surface area (Å²) in [6.45, 7) is 18.1. The van der Waals surface area contributed by atoms with E-state index in [2.05, 4.69) is 147 Å². The number of rotatable bonds is 35. The van der Waals surface area contributed by atoms with E-state index in [0.717, 1.165) is 64.2 Å². The van der Waals surface area contributed by atoms with Gasteiger partial charge in [-0.25, -0.2) is 9.97 Å². The number of nitrogens with zero attached hydrogens (tertiary/aromatic N) is 12. The van der Waals surface area contributed by atoms with Crippen molar-refractivity contribution in [3.63, 3.8) is 0 Å². The fourth-order valence-corrected chi connectivity index (χ4v) is 14.9. The smallest absolute Gasteiger partial charge is 0.450 e. The number of ether oxygens (including phenoxy) is 4. The third-order valence-electron chi connectivity index (χ3n) is 20.6. The number of fused-ring (bicyclic) bond motifs is 20. The second kappa shape index (κ2) is 35.9. The zero-order chi connectivity index (χ0) is 71.0. The summed E-state index contributed by atoms with van der Waals surface area (Å²) >= 11 is 0. The van der Waals surface area contributed by atoms with Crippen LogP contribution in [0.2, 0.25) is 0 Å². The summed E-state index contributed by atoms with van der Waals surface area (Å²) in [4.78, 5) is 43.9. The Morgan fingerprint density at radius 1 is 0.308 bits per heavy atom. The van der Waals surface area contributed by atoms with E-state index >= 15 is 0 Å².